The first-order valence-electron chi connectivity index (χ1n) is 5.97. The lowest BCUT2D eigenvalue weighted by Crippen LogP contribution is -2.42. The number of amides is 1. The molecule has 1 rings (SSSR count). The predicted octanol–water partition coefficient (Wildman–Crippen LogP) is 2.05. The van der Waals surface area contributed by atoms with Crippen LogP contribution in [0.3, 0.4) is 0 Å². The molecule has 0 bridgehead atoms. The van der Waals surface area contributed by atoms with Crippen LogP contribution in [-0.2, 0) is 11.3 Å². The first-order chi connectivity index (χ1) is 8.49. The molecule has 3 nitrogen and oxygen atoms in total. The van der Waals surface area contributed by atoms with Crippen molar-refractivity contribution in [3.05, 3.63) is 35.4 Å². The van der Waals surface area contributed by atoms with E-state index in [1.165, 1.54) is 11.0 Å². The lowest BCUT2D eigenvalue weighted by molar-refractivity contribution is -0.133. The number of nitrogens with zero attached hydrogens (tertiary/aromatic N) is 1. The zero-order valence-electron chi connectivity index (χ0n) is 10.6. The van der Waals surface area contributed by atoms with E-state index in [4.69, 9.17) is 5.73 Å². The van der Waals surface area contributed by atoms with E-state index in [0.29, 0.717) is 18.5 Å². The van der Waals surface area contributed by atoms with E-state index in [0.717, 1.165) is 12.1 Å². The SMILES string of the molecule is CCC(N)C(=O)N(CC)Cc1ccc(F)c(F)c1. The summed E-state index contributed by atoms with van der Waals surface area (Å²) in [5.41, 5.74) is 6.22. The number of likely N-dealkylation sites (N-methyl/N-ethyl adjacent to an activating group) is 1. The minimum absolute atomic E-state index is 0.176. The van der Waals surface area contributed by atoms with Crippen molar-refractivity contribution in [3.63, 3.8) is 0 Å². The van der Waals surface area contributed by atoms with E-state index in [1.807, 2.05) is 13.8 Å². The van der Waals surface area contributed by atoms with Gasteiger partial charge >= 0.3 is 0 Å². The molecule has 5 heteroatoms. The summed E-state index contributed by atoms with van der Waals surface area (Å²) in [6, 6.07) is 3.08. The molecule has 2 N–H and O–H groups in total. The lowest BCUT2D eigenvalue weighted by atomic mass is 10.1. The van der Waals surface area contributed by atoms with Gasteiger partial charge in [0.25, 0.3) is 0 Å². The number of carbonyl (C=O) groups excluding carboxylic acids is 1. The number of rotatable bonds is 5. The van der Waals surface area contributed by atoms with E-state index in [2.05, 4.69) is 0 Å². The first-order valence-corrected chi connectivity index (χ1v) is 5.97. The summed E-state index contributed by atoms with van der Waals surface area (Å²) in [6.07, 6.45) is 0.549. The van der Waals surface area contributed by atoms with Crippen LogP contribution >= 0.6 is 0 Å². The van der Waals surface area contributed by atoms with Gasteiger partial charge in [-0.15, -0.1) is 0 Å². The molecule has 0 fully saturated rings. The van der Waals surface area contributed by atoms with E-state index >= 15 is 0 Å². The van der Waals surface area contributed by atoms with E-state index in [9.17, 15) is 13.6 Å². The first kappa shape index (κ1) is 14.6. The molecule has 0 saturated carbocycles. The third-order valence-electron chi connectivity index (χ3n) is 2.81. The van der Waals surface area contributed by atoms with Crippen LogP contribution in [0.15, 0.2) is 18.2 Å². The van der Waals surface area contributed by atoms with Gasteiger partial charge < -0.3 is 10.6 Å². The minimum atomic E-state index is -0.907. The van der Waals surface area contributed by atoms with Crippen LogP contribution in [0.4, 0.5) is 8.78 Å². The Morgan fingerprint density at radius 1 is 1.33 bits per heavy atom. The fourth-order valence-corrected chi connectivity index (χ4v) is 1.61. The Morgan fingerprint density at radius 2 is 2.00 bits per heavy atom. The molecule has 0 spiro atoms. The molecule has 0 saturated heterocycles. The smallest absolute Gasteiger partial charge is 0.239 e. The molecule has 0 heterocycles. The third-order valence-corrected chi connectivity index (χ3v) is 2.81. The van der Waals surface area contributed by atoms with Crippen molar-refractivity contribution in [2.75, 3.05) is 6.54 Å². The van der Waals surface area contributed by atoms with Crippen molar-refractivity contribution in [3.8, 4) is 0 Å². The molecule has 100 valence electrons. The van der Waals surface area contributed by atoms with E-state index in [-0.39, 0.29) is 12.5 Å². The van der Waals surface area contributed by atoms with Gasteiger partial charge in [-0.1, -0.05) is 13.0 Å². The van der Waals surface area contributed by atoms with E-state index in [1.54, 1.807) is 0 Å². The monoisotopic (exact) mass is 256 g/mol. The normalized spacial score (nSPS) is 12.3. The largest absolute Gasteiger partial charge is 0.337 e. The van der Waals surface area contributed by atoms with Gasteiger partial charge in [-0.05, 0) is 31.0 Å². The van der Waals surface area contributed by atoms with Gasteiger partial charge in [0.15, 0.2) is 11.6 Å². The van der Waals surface area contributed by atoms with Crippen molar-refractivity contribution in [1.82, 2.24) is 4.90 Å². The highest BCUT2D eigenvalue weighted by molar-refractivity contribution is 5.81. The molecule has 0 aromatic heterocycles. The van der Waals surface area contributed by atoms with Crippen molar-refractivity contribution in [2.45, 2.75) is 32.9 Å². The number of nitrogens with two attached hydrogens (primary N) is 1. The van der Waals surface area contributed by atoms with Crippen LogP contribution in [0.25, 0.3) is 0 Å². The Hall–Kier alpha value is -1.49. The summed E-state index contributed by atoms with van der Waals surface area (Å²) in [5.74, 6) is -1.97. The van der Waals surface area contributed by atoms with Gasteiger partial charge in [-0.25, -0.2) is 8.78 Å². The van der Waals surface area contributed by atoms with Crippen molar-refractivity contribution in [2.24, 2.45) is 5.73 Å². The maximum atomic E-state index is 13.1. The van der Waals surface area contributed by atoms with Gasteiger partial charge in [0.1, 0.15) is 0 Å². The van der Waals surface area contributed by atoms with Gasteiger partial charge in [-0.2, -0.15) is 0 Å². The molecule has 0 radical (unpaired) electrons. The summed E-state index contributed by atoms with van der Waals surface area (Å²) in [4.78, 5) is 13.4. The minimum Gasteiger partial charge on any atom is -0.337 e. The highest BCUT2D eigenvalue weighted by Crippen LogP contribution is 2.11. The summed E-state index contributed by atoms with van der Waals surface area (Å²) in [5, 5.41) is 0. The molecule has 1 aromatic rings. The highest BCUT2D eigenvalue weighted by Gasteiger charge is 2.18. The molecular formula is C13H18F2N2O. The molecular weight excluding hydrogens is 238 g/mol. The Balaban J connectivity index is 2.79. The summed E-state index contributed by atoms with van der Waals surface area (Å²) in [7, 11) is 0. The Labute approximate surface area is 106 Å². The fraction of sp³-hybridized carbons (Fsp3) is 0.462. The van der Waals surface area contributed by atoms with Crippen LogP contribution in [0.1, 0.15) is 25.8 Å². The standard InChI is InChI=1S/C13H18F2N2O/c1-3-12(16)13(18)17(4-2)8-9-5-6-10(14)11(15)7-9/h5-7,12H,3-4,8,16H2,1-2H3. The molecule has 1 amide bonds. The number of hydrogen-bond donors (Lipinski definition) is 1. The number of carbonyl (C=O) groups is 1. The maximum Gasteiger partial charge on any atom is 0.239 e. The fourth-order valence-electron chi connectivity index (χ4n) is 1.61. The summed E-state index contributed by atoms with van der Waals surface area (Å²) >= 11 is 0. The quantitative estimate of drug-likeness (QED) is 0.876. The molecule has 0 aliphatic heterocycles. The Kier molecular flexibility index (Phi) is 5.22. The van der Waals surface area contributed by atoms with Crippen LogP contribution in [-0.4, -0.2) is 23.4 Å². The van der Waals surface area contributed by atoms with Crippen LogP contribution in [0, 0.1) is 11.6 Å². The third kappa shape index (κ3) is 3.50. The van der Waals surface area contributed by atoms with Gasteiger partial charge in [0, 0.05) is 13.1 Å². The van der Waals surface area contributed by atoms with Gasteiger partial charge in [-0.3, -0.25) is 4.79 Å². The molecule has 1 unspecified atom stereocenters. The van der Waals surface area contributed by atoms with Crippen molar-refractivity contribution < 1.29 is 13.6 Å². The van der Waals surface area contributed by atoms with Gasteiger partial charge in [0.2, 0.25) is 5.91 Å². The number of benzene rings is 1. The Bertz CT molecular complexity index is 423. The average Bonchev–Trinajstić information content (AvgIpc) is 2.38. The van der Waals surface area contributed by atoms with Crippen molar-refractivity contribution >= 4 is 5.91 Å². The van der Waals surface area contributed by atoms with Crippen LogP contribution in [0.5, 0.6) is 0 Å². The predicted molar refractivity (Wildman–Crippen MR) is 65.7 cm³/mol. The lowest BCUT2D eigenvalue weighted by Gasteiger charge is -2.24. The molecule has 1 aromatic carbocycles. The molecule has 18 heavy (non-hydrogen) atoms. The summed E-state index contributed by atoms with van der Waals surface area (Å²) in [6.45, 7) is 4.36. The average molecular weight is 256 g/mol. The zero-order valence-corrected chi connectivity index (χ0v) is 10.6. The topological polar surface area (TPSA) is 46.3 Å². The van der Waals surface area contributed by atoms with Crippen LogP contribution < -0.4 is 5.73 Å². The highest BCUT2D eigenvalue weighted by atomic mass is 19.2. The zero-order chi connectivity index (χ0) is 13.7. The van der Waals surface area contributed by atoms with Crippen molar-refractivity contribution in [1.29, 1.82) is 0 Å². The molecule has 0 aliphatic carbocycles. The maximum absolute atomic E-state index is 13.1. The second-order valence-corrected chi connectivity index (χ2v) is 4.12. The number of halogens is 2. The number of hydrogen-bond acceptors (Lipinski definition) is 2. The van der Waals surface area contributed by atoms with Gasteiger partial charge in [0.05, 0.1) is 6.04 Å². The van der Waals surface area contributed by atoms with Crippen LogP contribution in [0.2, 0.25) is 0 Å². The second kappa shape index (κ2) is 6.44. The second-order valence-electron chi connectivity index (χ2n) is 4.12. The Morgan fingerprint density at radius 3 is 2.50 bits per heavy atom. The summed E-state index contributed by atoms with van der Waals surface area (Å²) < 4.78 is 25.8. The molecule has 0 aliphatic rings. The molecule has 1 atom stereocenters. The van der Waals surface area contributed by atoms with E-state index < -0.39 is 17.7 Å².